The van der Waals surface area contributed by atoms with Crippen LogP contribution in [-0.4, -0.2) is 40.5 Å². The lowest BCUT2D eigenvalue weighted by Gasteiger charge is -2.15. The van der Waals surface area contributed by atoms with Crippen LogP contribution in [0.1, 0.15) is 24.2 Å². The molecular formula is C17H20ClN3O5. The Balaban J connectivity index is 2.16. The van der Waals surface area contributed by atoms with Gasteiger partial charge in [-0.05, 0) is 18.1 Å². The Labute approximate surface area is 155 Å². The molecule has 2 aromatic rings. The highest BCUT2D eigenvalue weighted by Gasteiger charge is 2.17. The first-order valence-corrected chi connectivity index (χ1v) is 8.25. The summed E-state index contributed by atoms with van der Waals surface area (Å²) in [4.78, 5) is 23.1. The van der Waals surface area contributed by atoms with E-state index in [1.165, 1.54) is 36.2 Å². The molecule has 2 rings (SSSR count). The van der Waals surface area contributed by atoms with Crippen molar-refractivity contribution in [2.24, 2.45) is 5.92 Å². The van der Waals surface area contributed by atoms with Gasteiger partial charge in [0.1, 0.15) is 6.54 Å². The molecule has 26 heavy (non-hydrogen) atoms. The van der Waals surface area contributed by atoms with Gasteiger partial charge in [-0.2, -0.15) is 5.10 Å². The minimum Gasteiger partial charge on any atom is -0.493 e. The summed E-state index contributed by atoms with van der Waals surface area (Å²) in [5.41, 5.74) is 0.261. The number of carboxylic acid groups (broad SMARTS) is 1. The van der Waals surface area contributed by atoms with Crippen molar-refractivity contribution in [3.8, 4) is 11.5 Å². The molecule has 1 aromatic carbocycles. The van der Waals surface area contributed by atoms with Crippen molar-refractivity contribution < 1.29 is 24.2 Å². The fraction of sp³-hybridized carbons (Fsp3) is 0.353. The highest BCUT2D eigenvalue weighted by Crippen LogP contribution is 2.36. The number of nitrogens with zero attached hydrogens (tertiary/aromatic N) is 2. The third kappa shape index (κ3) is 5.13. The normalized spacial score (nSPS) is 10.7. The molecule has 8 nitrogen and oxygen atoms in total. The van der Waals surface area contributed by atoms with Crippen LogP contribution in [0.4, 0.5) is 5.82 Å². The lowest BCUT2D eigenvalue weighted by atomic mass is 10.2. The maximum atomic E-state index is 12.4. The van der Waals surface area contributed by atoms with Crippen molar-refractivity contribution in [3.63, 3.8) is 0 Å². The lowest BCUT2D eigenvalue weighted by molar-refractivity contribution is -0.137. The Kier molecular flexibility index (Phi) is 6.46. The zero-order valence-corrected chi connectivity index (χ0v) is 15.4. The smallest absolute Gasteiger partial charge is 0.325 e. The van der Waals surface area contributed by atoms with Crippen LogP contribution in [0.25, 0.3) is 0 Å². The van der Waals surface area contributed by atoms with Crippen molar-refractivity contribution >= 4 is 29.3 Å². The molecular weight excluding hydrogens is 362 g/mol. The highest BCUT2D eigenvalue weighted by molar-refractivity contribution is 6.32. The van der Waals surface area contributed by atoms with Crippen LogP contribution in [0.2, 0.25) is 5.02 Å². The van der Waals surface area contributed by atoms with Crippen molar-refractivity contribution in [2.45, 2.75) is 20.4 Å². The number of anilines is 1. The number of methoxy groups -OCH3 is 1. The van der Waals surface area contributed by atoms with E-state index in [2.05, 4.69) is 10.4 Å². The van der Waals surface area contributed by atoms with Crippen molar-refractivity contribution in [3.05, 3.63) is 35.0 Å². The Bertz CT molecular complexity index is 804. The number of hydrogen-bond acceptors (Lipinski definition) is 5. The van der Waals surface area contributed by atoms with Gasteiger partial charge >= 0.3 is 5.97 Å². The summed E-state index contributed by atoms with van der Waals surface area (Å²) in [7, 11) is 1.46. The second-order valence-corrected chi connectivity index (χ2v) is 6.35. The van der Waals surface area contributed by atoms with Gasteiger partial charge in [-0.1, -0.05) is 25.4 Å². The van der Waals surface area contributed by atoms with Gasteiger partial charge in [0.05, 0.1) is 18.7 Å². The van der Waals surface area contributed by atoms with Gasteiger partial charge in [-0.15, -0.1) is 0 Å². The number of rotatable bonds is 8. The molecule has 1 heterocycles. The third-order valence-corrected chi connectivity index (χ3v) is 3.51. The Morgan fingerprint density at radius 1 is 1.38 bits per heavy atom. The van der Waals surface area contributed by atoms with E-state index in [0.29, 0.717) is 24.0 Å². The second-order valence-electron chi connectivity index (χ2n) is 5.94. The number of nitrogens with one attached hydrogen (secondary N) is 1. The maximum Gasteiger partial charge on any atom is 0.325 e. The fourth-order valence-corrected chi connectivity index (χ4v) is 2.35. The molecule has 0 fully saturated rings. The predicted octanol–water partition coefficient (Wildman–Crippen LogP) is 2.92. The van der Waals surface area contributed by atoms with E-state index >= 15 is 0 Å². The number of benzene rings is 1. The van der Waals surface area contributed by atoms with Crippen LogP contribution in [0.15, 0.2) is 24.4 Å². The summed E-state index contributed by atoms with van der Waals surface area (Å²) in [5, 5.41) is 15.5. The largest absolute Gasteiger partial charge is 0.493 e. The van der Waals surface area contributed by atoms with E-state index in [-0.39, 0.29) is 22.9 Å². The van der Waals surface area contributed by atoms with Gasteiger partial charge in [-0.25, -0.2) is 0 Å². The van der Waals surface area contributed by atoms with Gasteiger partial charge in [0.2, 0.25) is 0 Å². The molecule has 1 aromatic heterocycles. The van der Waals surface area contributed by atoms with Crippen LogP contribution in [0.3, 0.4) is 0 Å². The van der Waals surface area contributed by atoms with E-state index in [9.17, 15) is 9.59 Å². The van der Waals surface area contributed by atoms with Crippen LogP contribution >= 0.6 is 11.6 Å². The summed E-state index contributed by atoms with van der Waals surface area (Å²) in [5.74, 6) is -0.225. The Morgan fingerprint density at radius 3 is 2.73 bits per heavy atom. The molecule has 1 amide bonds. The molecule has 0 saturated heterocycles. The Hall–Kier alpha value is -2.74. The Morgan fingerprint density at radius 2 is 2.12 bits per heavy atom. The molecule has 2 N–H and O–H groups in total. The van der Waals surface area contributed by atoms with Crippen molar-refractivity contribution in [1.82, 2.24) is 9.78 Å². The standard InChI is InChI=1S/C17H20ClN3O5/c1-10(2)9-26-16-12(18)6-11(7-13(16)25-3)17(24)19-14-4-5-21(20-14)8-15(22)23/h4-7,10H,8-9H2,1-3H3,(H,22,23)(H,19,20,24). The summed E-state index contributed by atoms with van der Waals surface area (Å²) >= 11 is 6.24. The molecule has 0 saturated carbocycles. The first kappa shape index (κ1) is 19.6. The fourth-order valence-electron chi connectivity index (χ4n) is 2.08. The third-order valence-electron chi connectivity index (χ3n) is 3.23. The maximum absolute atomic E-state index is 12.4. The number of aromatic nitrogens is 2. The average Bonchev–Trinajstić information content (AvgIpc) is 2.98. The van der Waals surface area contributed by atoms with Gasteiger partial charge in [-0.3, -0.25) is 14.3 Å². The van der Waals surface area contributed by atoms with E-state index in [1.807, 2.05) is 13.8 Å². The molecule has 9 heteroatoms. The van der Waals surface area contributed by atoms with Gasteiger partial charge < -0.3 is 19.9 Å². The number of hydrogen-bond donors (Lipinski definition) is 2. The monoisotopic (exact) mass is 381 g/mol. The average molecular weight is 382 g/mol. The van der Waals surface area contributed by atoms with E-state index in [1.54, 1.807) is 0 Å². The van der Waals surface area contributed by atoms with Crippen LogP contribution in [-0.2, 0) is 11.3 Å². The quantitative estimate of drug-likeness (QED) is 0.728. The van der Waals surface area contributed by atoms with Crippen LogP contribution in [0.5, 0.6) is 11.5 Å². The van der Waals surface area contributed by atoms with Gasteiger partial charge in [0.25, 0.3) is 5.91 Å². The second kappa shape index (κ2) is 8.57. The van der Waals surface area contributed by atoms with Crippen LogP contribution < -0.4 is 14.8 Å². The molecule has 0 aliphatic heterocycles. The lowest BCUT2D eigenvalue weighted by Crippen LogP contribution is -2.14. The topological polar surface area (TPSA) is 103 Å². The zero-order chi connectivity index (χ0) is 19.3. The van der Waals surface area contributed by atoms with Gasteiger partial charge in [0.15, 0.2) is 17.3 Å². The predicted molar refractivity (Wildman–Crippen MR) is 96.2 cm³/mol. The van der Waals surface area contributed by atoms with Crippen molar-refractivity contribution in [1.29, 1.82) is 0 Å². The summed E-state index contributed by atoms with van der Waals surface area (Å²) < 4.78 is 12.1. The minimum absolute atomic E-state index is 0.228. The number of carbonyl (C=O) groups is 2. The molecule has 140 valence electrons. The zero-order valence-electron chi connectivity index (χ0n) is 14.7. The molecule has 0 unspecified atom stereocenters. The molecule has 0 spiro atoms. The van der Waals surface area contributed by atoms with E-state index < -0.39 is 11.9 Å². The number of carbonyl (C=O) groups excluding carboxylic acids is 1. The molecule has 0 atom stereocenters. The SMILES string of the molecule is COc1cc(C(=O)Nc2ccn(CC(=O)O)n2)cc(Cl)c1OCC(C)C. The highest BCUT2D eigenvalue weighted by atomic mass is 35.5. The number of ether oxygens (including phenoxy) is 2. The van der Waals surface area contributed by atoms with Crippen molar-refractivity contribution in [2.75, 3.05) is 19.0 Å². The molecule has 0 aliphatic rings. The molecule has 0 aliphatic carbocycles. The van der Waals surface area contributed by atoms with E-state index in [0.717, 1.165) is 0 Å². The summed E-state index contributed by atoms with van der Waals surface area (Å²) in [6.07, 6.45) is 1.46. The number of carboxylic acids is 1. The first-order chi connectivity index (χ1) is 12.3. The first-order valence-electron chi connectivity index (χ1n) is 7.87. The number of halogens is 1. The molecule has 0 bridgehead atoms. The van der Waals surface area contributed by atoms with Gasteiger partial charge in [0, 0.05) is 17.8 Å². The summed E-state index contributed by atoms with van der Waals surface area (Å²) in [6.45, 7) is 4.18. The summed E-state index contributed by atoms with van der Waals surface area (Å²) in [6, 6.07) is 4.49. The molecule has 0 radical (unpaired) electrons. The number of amides is 1. The minimum atomic E-state index is -1.03. The van der Waals surface area contributed by atoms with Crippen LogP contribution in [0, 0.1) is 5.92 Å². The van der Waals surface area contributed by atoms with E-state index in [4.69, 9.17) is 26.2 Å². The number of aliphatic carboxylic acids is 1.